The van der Waals surface area contributed by atoms with E-state index < -0.39 is 0 Å². The molecule has 1 saturated heterocycles. The molecule has 1 atom stereocenters. The third-order valence-electron chi connectivity index (χ3n) is 2.85. The van der Waals surface area contributed by atoms with Gasteiger partial charge in [0.2, 0.25) is 0 Å². The number of carbonyl (C=O) groups excluding carboxylic acids is 1. The van der Waals surface area contributed by atoms with Crippen LogP contribution in [-0.2, 0) is 0 Å². The molecule has 1 aliphatic heterocycles. The molecule has 0 aromatic carbocycles. The molecule has 1 aromatic rings. The van der Waals surface area contributed by atoms with Crippen molar-refractivity contribution in [3.8, 4) is 0 Å². The summed E-state index contributed by atoms with van der Waals surface area (Å²) in [5, 5.41) is 3.14. The molecule has 0 bridgehead atoms. The predicted molar refractivity (Wildman–Crippen MR) is 71.6 cm³/mol. The molecule has 1 aromatic heterocycles. The van der Waals surface area contributed by atoms with Crippen LogP contribution in [0.15, 0.2) is 21.2 Å². The van der Waals surface area contributed by atoms with Crippen LogP contribution in [0.2, 0.25) is 0 Å². The molecule has 0 radical (unpaired) electrons. The third kappa shape index (κ3) is 3.47. The van der Waals surface area contributed by atoms with Gasteiger partial charge in [-0.2, -0.15) is 0 Å². The van der Waals surface area contributed by atoms with Gasteiger partial charge >= 0.3 is 0 Å². The fraction of sp³-hybridized carbons (Fsp3) is 0.545. The topological polar surface area (TPSA) is 45.5 Å². The Morgan fingerprint density at radius 1 is 1.65 bits per heavy atom. The molecule has 0 aliphatic carbocycles. The Morgan fingerprint density at radius 2 is 2.41 bits per heavy atom. The van der Waals surface area contributed by atoms with Crippen molar-refractivity contribution in [2.45, 2.75) is 6.42 Å². The van der Waals surface area contributed by atoms with Gasteiger partial charge in [-0.05, 0) is 54.0 Å². The van der Waals surface area contributed by atoms with E-state index in [9.17, 15) is 4.79 Å². The van der Waals surface area contributed by atoms with E-state index in [1.807, 2.05) is 11.9 Å². The van der Waals surface area contributed by atoms with Crippen molar-refractivity contribution in [3.63, 3.8) is 0 Å². The fourth-order valence-electron chi connectivity index (χ4n) is 2.06. The average molecular weight is 324 g/mol. The number of amides is 1. The summed E-state index contributed by atoms with van der Waals surface area (Å²) in [5.41, 5.74) is 0. The van der Waals surface area contributed by atoms with Crippen LogP contribution in [0.1, 0.15) is 17.0 Å². The highest BCUT2D eigenvalue weighted by atomic mass is 79.9. The van der Waals surface area contributed by atoms with Crippen LogP contribution in [0, 0.1) is 5.92 Å². The van der Waals surface area contributed by atoms with E-state index >= 15 is 0 Å². The minimum atomic E-state index is -0.00990. The molecule has 1 aliphatic rings. The molecule has 1 unspecified atom stereocenters. The number of rotatable bonds is 3. The van der Waals surface area contributed by atoms with Gasteiger partial charge in [-0.15, -0.1) is 12.4 Å². The molecule has 1 fully saturated rings. The Labute approximate surface area is 115 Å². The first-order valence-electron chi connectivity index (χ1n) is 5.40. The largest absolute Gasteiger partial charge is 0.444 e. The third-order valence-corrected chi connectivity index (χ3v) is 3.28. The van der Waals surface area contributed by atoms with Gasteiger partial charge in [-0.3, -0.25) is 4.79 Å². The van der Waals surface area contributed by atoms with Crippen LogP contribution in [0.4, 0.5) is 0 Å². The highest BCUT2D eigenvalue weighted by Crippen LogP contribution is 2.20. The molecule has 2 heterocycles. The highest BCUT2D eigenvalue weighted by Gasteiger charge is 2.27. The lowest BCUT2D eigenvalue weighted by Gasteiger charge is -2.14. The zero-order valence-electron chi connectivity index (χ0n) is 9.61. The summed E-state index contributed by atoms with van der Waals surface area (Å²) in [5.74, 6) is 0.966. The standard InChI is InChI=1S/C11H15BrN2O2.ClH/c1-13-6-8-4-5-14(7-8)11(15)9-2-3-10(12)16-9;/h2-3,8,13H,4-7H2,1H3;1H. The molecule has 17 heavy (non-hydrogen) atoms. The molecule has 0 spiro atoms. The maximum Gasteiger partial charge on any atom is 0.289 e. The quantitative estimate of drug-likeness (QED) is 0.927. The van der Waals surface area contributed by atoms with Crippen molar-refractivity contribution in [1.82, 2.24) is 10.2 Å². The monoisotopic (exact) mass is 322 g/mol. The molecule has 6 heteroatoms. The normalized spacial score (nSPS) is 19.2. The summed E-state index contributed by atoms with van der Waals surface area (Å²) in [6.45, 7) is 2.60. The Kier molecular flexibility index (Phi) is 5.49. The van der Waals surface area contributed by atoms with E-state index in [1.165, 1.54) is 0 Å². The lowest BCUT2D eigenvalue weighted by Crippen LogP contribution is -2.30. The van der Waals surface area contributed by atoms with Crippen molar-refractivity contribution < 1.29 is 9.21 Å². The first-order valence-corrected chi connectivity index (χ1v) is 6.19. The Hall–Kier alpha value is -0.520. The van der Waals surface area contributed by atoms with Gasteiger partial charge in [0.25, 0.3) is 5.91 Å². The van der Waals surface area contributed by atoms with Crippen molar-refractivity contribution in [2.24, 2.45) is 5.92 Å². The number of halogens is 2. The minimum Gasteiger partial charge on any atom is -0.444 e. The van der Waals surface area contributed by atoms with Gasteiger partial charge in [0.05, 0.1) is 0 Å². The Morgan fingerprint density at radius 3 is 3.00 bits per heavy atom. The molecule has 0 saturated carbocycles. The van der Waals surface area contributed by atoms with Crippen molar-refractivity contribution in [1.29, 1.82) is 0 Å². The van der Waals surface area contributed by atoms with Crippen LogP contribution < -0.4 is 5.32 Å². The number of furan rings is 1. The van der Waals surface area contributed by atoms with Crippen LogP contribution in [0.3, 0.4) is 0 Å². The van der Waals surface area contributed by atoms with Crippen molar-refractivity contribution >= 4 is 34.2 Å². The van der Waals surface area contributed by atoms with E-state index in [0.29, 0.717) is 16.3 Å². The predicted octanol–water partition coefficient (Wildman–Crippen LogP) is 2.15. The zero-order chi connectivity index (χ0) is 11.5. The molecule has 1 N–H and O–H groups in total. The lowest BCUT2D eigenvalue weighted by molar-refractivity contribution is 0.0754. The Bertz CT molecular complexity index is 383. The first-order chi connectivity index (χ1) is 7.70. The van der Waals surface area contributed by atoms with E-state index in [0.717, 1.165) is 26.1 Å². The summed E-state index contributed by atoms with van der Waals surface area (Å²) < 4.78 is 5.86. The minimum absolute atomic E-state index is 0. The van der Waals surface area contributed by atoms with Crippen LogP contribution in [0.25, 0.3) is 0 Å². The number of carbonyl (C=O) groups is 1. The zero-order valence-corrected chi connectivity index (χ0v) is 12.0. The van der Waals surface area contributed by atoms with Crippen LogP contribution in [0.5, 0.6) is 0 Å². The maximum atomic E-state index is 12.0. The summed E-state index contributed by atoms with van der Waals surface area (Å²) in [4.78, 5) is 13.9. The average Bonchev–Trinajstić information content (AvgIpc) is 2.87. The van der Waals surface area contributed by atoms with Gasteiger partial charge in [0.1, 0.15) is 0 Å². The number of nitrogens with zero attached hydrogens (tertiary/aromatic N) is 1. The molecule has 1 amide bonds. The fourth-order valence-corrected chi connectivity index (χ4v) is 2.36. The molecular weight excluding hydrogens is 307 g/mol. The number of likely N-dealkylation sites (tertiary alicyclic amines) is 1. The van der Waals surface area contributed by atoms with E-state index in [2.05, 4.69) is 21.2 Å². The second kappa shape index (κ2) is 6.42. The van der Waals surface area contributed by atoms with Gasteiger partial charge in [0, 0.05) is 13.1 Å². The van der Waals surface area contributed by atoms with Gasteiger partial charge in [0.15, 0.2) is 10.4 Å². The SMILES string of the molecule is CNCC1CCN(C(=O)c2ccc(Br)o2)C1.Cl. The summed E-state index contributed by atoms with van der Waals surface area (Å²) >= 11 is 3.20. The van der Waals surface area contributed by atoms with Gasteiger partial charge in [-0.1, -0.05) is 0 Å². The van der Waals surface area contributed by atoms with Crippen LogP contribution >= 0.6 is 28.3 Å². The summed E-state index contributed by atoms with van der Waals surface area (Å²) in [6, 6.07) is 3.45. The first kappa shape index (κ1) is 14.5. The molecule has 4 nitrogen and oxygen atoms in total. The van der Waals surface area contributed by atoms with Crippen molar-refractivity contribution in [2.75, 3.05) is 26.7 Å². The van der Waals surface area contributed by atoms with Crippen LogP contribution in [-0.4, -0.2) is 37.5 Å². The van der Waals surface area contributed by atoms with Gasteiger partial charge in [-0.25, -0.2) is 0 Å². The molecule has 2 rings (SSSR count). The number of hydrogen-bond acceptors (Lipinski definition) is 3. The number of hydrogen-bond donors (Lipinski definition) is 1. The number of nitrogens with one attached hydrogen (secondary N) is 1. The summed E-state index contributed by atoms with van der Waals surface area (Å²) in [7, 11) is 1.94. The smallest absolute Gasteiger partial charge is 0.289 e. The second-order valence-corrected chi connectivity index (χ2v) is 4.85. The molecular formula is C11H16BrClN2O2. The second-order valence-electron chi connectivity index (χ2n) is 4.07. The van der Waals surface area contributed by atoms with E-state index in [1.54, 1.807) is 12.1 Å². The Balaban J connectivity index is 0.00000144. The lowest BCUT2D eigenvalue weighted by atomic mass is 10.1. The highest BCUT2D eigenvalue weighted by molar-refractivity contribution is 9.10. The molecule has 96 valence electrons. The van der Waals surface area contributed by atoms with E-state index in [4.69, 9.17) is 4.42 Å². The van der Waals surface area contributed by atoms with E-state index in [-0.39, 0.29) is 18.3 Å². The summed E-state index contributed by atoms with van der Waals surface area (Å²) in [6.07, 6.45) is 1.06. The maximum absolute atomic E-state index is 12.0. The van der Waals surface area contributed by atoms with Gasteiger partial charge < -0.3 is 14.6 Å². The van der Waals surface area contributed by atoms with Crippen molar-refractivity contribution in [3.05, 3.63) is 22.6 Å².